The van der Waals surface area contributed by atoms with Crippen molar-refractivity contribution in [3.8, 4) is 0 Å². The van der Waals surface area contributed by atoms with E-state index in [0.717, 1.165) is 44.1 Å². The highest BCUT2D eigenvalue weighted by atomic mass is 16.6. The molecule has 3 fully saturated rings. The van der Waals surface area contributed by atoms with Crippen LogP contribution in [0.2, 0.25) is 0 Å². The molecule has 0 N–H and O–H groups in total. The third-order valence-corrected chi connectivity index (χ3v) is 8.91. The van der Waals surface area contributed by atoms with Crippen molar-refractivity contribution in [1.29, 1.82) is 0 Å². The molecule has 4 rings (SSSR count). The Bertz CT molecular complexity index is 807. The number of ether oxygens (including phenoxy) is 1. The minimum Gasteiger partial charge on any atom is -0.446 e. The molecule has 0 aromatic rings. The number of allylic oxidation sites excluding steroid dienone is 1. The van der Waals surface area contributed by atoms with Crippen LogP contribution >= 0.6 is 0 Å². The van der Waals surface area contributed by atoms with Crippen molar-refractivity contribution in [2.24, 2.45) is 28.6 Å². The molecule has 0 spiro atoms. The molecule has 4 nitrogen and oxygen atoms in total. The second-order valence-electron chi connectivity index (χ2n) is 10.1. The van der Waals surface area contributed by atoms with E-state index in [2.05, 4.69) is 20.4 Å². The molecule has 0 aromatic carbocycles. The predicted octanol–water partition coefficient (Wildman–Crippen LogP) is 4.58. The summed E-state index contributed by atoms with van der Waals surface area (Å²) in [6.07, 6.45) is 8.10. The summed E-state index contributed by atoms with van der Waals surface area (Å²) < 4.78 is 5.83. The molecular formula is C24H32O4. The molecule has 0 radical (unpaired) electrons. The Morgan fingerprint density at radius 1 is 1.11 bits per heavy atom. The zero-order valence-electron chi connectivity index (χ0n) is 17.6. The van der Waals surface area contributed by atoms with Gasteiger partial charge >= 0.3 is 5.97 Å². The molecule has 0 saturated heterocycles. The van der Waals surface area contributed by atoms with Crippen LogP contribution in [0.25, 0.3) is 0 Å². The molecule has 0 aromatic heterocycles. The minimum atomic E-state index is -1.19. The van der Waals surface area contributed by atoms with E-state index < -0.39 is 17.0 Å². The van der Waals surface area contributed by atoms with Gasteiger partial charge in [-0.1, -0.05) is 26.0 Å². The van der Waals surface area contributed by atoms with Gasteiger partial charge < -0.3 is 4.74 Å². The van der Waals surface area contributed by atoms with Crippen LogP contribution in [0.4, 0.5) is 0 Å². The fourth-order valence-corrected chi connectivity index (χ4v) is 7.63. The number of fused-ring (bicyclic) bond motifs is 5. The van der Waals surface area contributed by atoms with Gasteiger partial charge in [-0.25, -0.2) is 0 Å². The van der Waals surface area contributed by atoms with E-state index in [0.29, 0.717) is 18.3 Å². The van der Waals surface area contributed by atoms with Gasteiger partial charge in [0.15, 0.2) is 17.2 Å². The molecule has 0 amide bonds. The Hall–Kier alpha value is -1.71. The Kier molecular flexibility index (Phi) is 4.30. The van der Waals surface area contributed by atoms with Crippen LogP contribution in [0.1, 0.15) is 72.6 Å². The third kappa shape index (κ3) is 2.32. The second-order valence-corrected chi connectivity index (χ2v) is 10.1. The molecule has 152 valence electrons. The van der Waals surface area contributed by atoms with Gasteiger partial charge in [0.2, 0.25) is 0 Å². The average molecular weight is 385 g/mol. The highest BCUT2D eigenvalue weighted by Gasteiger charge is 2.69. The van der Waals surface area contributed by atoms with E-state index in [1.807, 2.05) is 6.08 Å². The fourth-order valence-electron chi connectivity index (χ4n) is 7.63. The van der Waals surface area contributed by atoms with Crippen molar-refractivity contribution < 1.29 is 19.1 Å². The van der Waals surface area contributed by atoms with Crippen LogP contribution in [0, 0.1) is 28.6 Å². The Morgan fingerprint density at radius 3 is 2.46 bits per heavy atom. The van der Waals surface area contributed by atoms with E-state index in [1.165, 1.54) is 12.5 Å². The van der Waals surface area contributed by atoms with Gasteiger partial charge in [-0.15, -0.1) is 0 Å². The van der Waals surface area contributed by atoms with Crippen LogP contribution in [-0.4, -0.2) is 23.1 Å². The number of esters is 1. The number of hydrogen-bond donors (Lipinski definition) is 0. The highest BCUT2D eigenvalue weighted by molar-refractivity contribution is 5.93. The van der Waals surface area contributed by atoms with Crippen molar-refractivity contribution >= 4 is 17.5 Å². The molecule has 0 bridgehead atoms. The average Bonchev–Trinajstić information content (AvgIpc) is 2.83. The summed E-state index contributed by atoms with van der Waals surface area (Å²) >= 11 is 0. The topological polar surface area (TPSA) is 60.4 Å². The molecule has 3 unspecified atom stereocenters. The van der Waals surface area contributed by atoms with Gasteiger partial charge in [0.05, 0.1) is 0 Å². The van der Waals surface area contributed by atoms with Gasteiger partial charge in [-0.05, 0) is 80.3 Å². The zero-order valence-corrected chi connectivity index (χ0v) is 17.6. The second kappa shape index (κ2) is 6.14. The van der Waals surface area contributed by atoms with E-state index in [4.69, 9.17) is 4.74 Å². The van der Waals surface area contributed by atoms with Crippen molar-refractivity contribution in [3.63, 3.8) is 0 Å². The van der Waals surface area contributed by atoms with Gasteiger partial charge in [-0.3, -0.25) is 14.4 Å². The van der Waals surface area contributed by atoms with Crippen molar-refractivity contribution in [3.05, 3.63) is 23.8 Å². The SMILES string of the molecule is C=C1CC2C3CCC4=CC(=O)CC[C@]4(C)C3CC[C@]2(C)[C@@]1(OC(C)=O)C(C)=O. The lowest BCUT2D eigenvalue weighted by Crippen LogP contribution is -2.59. The molecule has 4 heteroatoms. The quantitative estimate of drug-likeness (QED) is 0.517. The summed E-state index contributed by atoms with van der Waals surface area (Å²) in [5, 5.41) is 0. The van der Waals surface area contributed by atoms with Gasteiger partial charge in [0, 0.05) is 18.8 Å². The van der Waals surface area contributed by atoms with E-state index in [9.17, 15) is 14.4 Å². The number of hydrogen-bond acceptors (Lipinski definition) is 4. The summed E-state index contributed by atoms with van der Waals surface area (Å²) in [7, 11) is 0. The first-order valence-electron chi connectivity index (χ1n) is 10.7. The summed E-state index contributed by atoms with van der Waals surface area (Å²) in [4.78, 5) is 36.8. The fraction of sp³-hybridized carbons (Fsp3) is 0.708. The molecule has 3 saturated carbocycles. The number of rotatable bonds is 2. The molecule has 4 aliphatic rings. The molecule has 6 atom stereocenters. The predicted molar refractivity (Wildman–Crippen MR) is 106 cm³/mol. The lowest BCUT2D eigenvalue weighted by Gasteiger charge is -2.58. The molecule has 4 aliphatic carbocycles. The third-order valence-electron chi connectivity index (χ3n) is 8.91. The lowest BCUT2D eigenvalue weighted by atomic mass is 9.46. The first-order chi connectivity index (χ1) is 13.1. The Balaban J connectivity index is 1.75. The first-order valence-corrected chi connectivity index (χ1v) is 10.7. The summed E-state index contributed by atoms with van der Waals surface area (Å²) in [6, 6.07) is 0. The van der Waals surface area contributed by atoms with Gasteiger partial charge in [0.1, 0.15) is 0 Å². The van der Waals surface area contributed by atoms with Crippen LogP contribution in [-0.2, 0) is 19.1 Å². The normalized spacial score (nSPS) is 44.9. The number of carbonyl (C=O) groups is 3. The van der Waals surface area contributed by atoms with Crippen LogP contribution in [0.3, 0.4) is 0 Å². The lowest BCUT2D eigenvalue weighted by molar-refractivity contribution is -0.181. The summed E-state index contributed by atoms with van der Waals surface area (Å²) in [5.41, 5.74) is 0.609. The van der Waals surface area contributed by atoms with E-state index in [-0.39, 0.29) is 22.9 Å². The first kappa shape index (κ1) is 19.6. The monoisotopic (exact) mass is 384 g/mol. The maximum absolute atomic E-state index is 12.9. The molecule has 28 heavy (non-hydrogen) atoms. The van der Waals surface area contributed by atoms with Gasteiger partial charge in [0.25, 0.3) is 0 Å². The number of carbonyl (C=O) groups excluding carboxylic acids is 3. The minimum absolute atomic E-state index is 0.0857. The van der Waals surface area contributed by atoms with Crippen molar-refractivity contribution in [2.75, 3.05) is 0 Å². The van der Waals surface area contributed by atoms with Crippen LogP contribution in [0.5, 0.6) is 0 Å². The van der Waals surface area contributed by atoms with Crippen molar-refractivity contribution in [2.45, 2.75) is 78.2 Å². The Morgan fingerprint density at radius 2 is 1.82 bits per heavy atom. The maximum Gasteiger partial charge on any atom is 0.303 e. The highest BCUT2D eigenvalue weighted by Crippen LogP contribution is 2.69. The number of Topliss-reactive ketones (excluding diaryl/α,β-unsaturated/α-hetero) is 1. The smallest absolute Gasteiger partial charge is 0.303 e. The summed E-state index contributed by atoms with van der Waals surface area (Å²) in [5.74, 6) is 1.05. The van der Waals surface area contributed by atoms with Crippen molar-refractivity contribution in [1.82, 2.24) is 0 Å². The number of ketones is 2. The summed E-state index contributed by atoms with van der Waals surface area (Å²) in [6.45, 7) is 11.7. The maximum atomic E-state index is 12.9. The van der Waals surface area contributed by atoms with Crippen LogP contribution < -0.4 is 0 Å². The zero-order chi connectivity index (χ0) is 20.5. The standard InChI is InChI=1S/C24H32O4/c1-14-12-21-19-7-6-17-13-18(27)8-10-22(17,4)20(19)9-11-23(21,5)24(14,15(2)25)28-16(3)26/h13,19-21H,1,6-12H2,2-5H3/t19?,20?,21?,22-,23-,24-/m0/s1. The van der Waals surface area contributed by atoms with Gasteiger partial charge in [-0.2, -0.15) is 0 Å². The van der Waals surface area contributed by atoms with E-state index >= 15 is 0 Å². The molecular weight excluding hydrogens is 352 g/mol. The molecule has 0 heterocycles. The largest absolute Gasteiger partial charge is 0.446 e. The Labute approximate surface area is 167 Å². The molecule has 0 aliphatic heterocycles. The van der Waals surface area contributed by atoms with E-state index in [1.54, 1.807) is 6.92 Å². The van der Waals surface area contributed by atoms with Crippen LogP contribution in [0.15, 0.2) is 23.8 Å².